The summed E-state index contributed by atoms with van der Waals surface area (Å²) in [6.45, 7) is 10.9. The number of Topliss-reactive ketones (excluding diaryl/α,β-unsaturated/α-hetero) is 1. The molecule has 0 aromatic rings. The molecule has 1 rings (SSSR count). The first-order valence-corrected chi connectivity index (χ1v) is 14.4. The fourth-order valence-corrected chi connectivity index (χ4v) is 5.34. The summed E-state index contributed by atoms with van der Waals surface area (Å²) >= 11 is 0. The Kier molecular flexibility index (Phi) is 17.4. The topological polar surface area (TPSA) is 17.1 Å². The number of allylic oxidation sites excluding steroid dienone is 6. The molecule has 190 valence electrons. The van der Waals surface area contributed by atoms with E-state index in [-0.39, 0.29) is 5.92 Å². The molecule has 1 nitrogen and oxygen atoms in total. The highest BCUT2D eigenvalue weighted by Gasteiger charge is 2.26. The Balaban J connectivity index is 2.46. The molecule has 0 aromatic carbocycles. The van der Waals surface area contributed by atoms with E-state index in [0.717, 1.165) is 38.5 Å². The van der Waals surface area contributed by atoms with Gasteiger partial charge in [-0.25, -0.2) is 0 Å². The van der Waals surface area contributed by atoms with Gasteiger partial charge in [0.05, 0.1) is 0 Å². The Morgan fingerprint density at radius 2 is 1.30 bits per heavy atom. The van der Waals surface area contributed by atoms with Gasteiger partial charge in [0, 0.05) is 5.92 Å². The van der Waals surface area contributed by atoms with Crippen LogP contribution in [0.3, 0.4) is 0 Å². The number of hydrogen-bond donors (Lipinski definition) is 0. The van der Waals surface area contributed by atoms with Crippen LogP contribution < -0.4 is 0 Å². The van der Waals surface area contributed by atoms with E-state index >= 15 is 0 Å². The average molecular weight is 457 g/mol. The lowest BCUT2D eigenvalue weighted by atomic mass is 9.77. The third kappa shape index (κ3) is 14.7. The van der Waals surface area contributed by atoms with Gasteiger partial charge in [0.25, 0.3) is 0 Å². The highest BCUT2D eigenvalue weighted by Crippen LogP contribution is 2.33. The predicted octanol–water partition coefficient (Wildman–Crippen LogP) is 10.7. The molecule has 0 radical (unpaired) electrons. The number of rotatable bonds is 15. The van der Waals surface area contributed by atoms with Crippen molar-refractivity contribution in [2.75, 3.05) is 0 Å². The zero-order valence-corrected chi connectivity index (χ0v) is 23.0. The summed E-state index contributed by atoms with van der Waals surface area (Å²) in [6, 6.07) is 0. The molecule has 2 atom stereocenters. The van der Waals surface area contributed by atoms with Crippen LogP contribution in [-0.4, -0.2) is 5.78 Å². The normalized spacial score (nSPS) is 23.8. The van der Waals surface area contributed by atoms with Gasteiger partial charge in [-0.1, -0.05) is 119 Å². The van der Waals surface area contributed by atoms with Gasteiger partial charge in [0.2, 0.25) is 0 Å². The summed E-state index contributed by atoms with van der Waals surface area (Å²) in [4.78, 5) is 12.7. The van der Waals surface area contributed by atoms with Crippen LogP contribution in [0.15, 0.2) is 34.9 Å². The third-order valence-corrected chi connectivity index (χ3v) is 7.71. The summed E-state index contributed by atoms with van der Waals surface area (Å²) in [5, 5.41) is 0. The average Bonchev–Trinajstić information content (AvgIpc) is 2.78. The molecule has 33 heavy (non-hydrogen) atoms. The summed E-state index contributed by atoms with van der Waals surface area (Å²) < 4.78 is 0. The van der Waals surface area contributed by atoms with Crippen molar-refractivity contribution in [3.05, 3.63) is 34.9 Å². The molecule has 0 saturated carbocycles. The maximum Gasteiger partial charge on any atom is 0.133 e. The lowest BCUT2D eigenvalue weighted by Crippen LogP contribution is -2.23. The largest absolute Gasteiger partial charge is 0.300 e. The van der Waals surface area contributed by atoms with Gasteiger partial charge in [0.1, 0.15) is 5.78 Å². The summed E-state index contributed by atoms with van der Waals surface area (Å²) in [6.07, 6.45) is 30.3. The van der Waals surface area contributed by atoms with E-state index in [1.54, 1.807) is 0 Å². The zero-order chi connectivity index (χ0) is 24.3. The van der Waals surface area contributed by atoms with Gasteiger partial charge in [-0.05, 0) is 72.1 Å². The molecule has 0 fully saturated rings. The van der Waals surface area contributed by atoms with Crippen LogP contribution in [0.5, 0.6) is 0 Å². The Morgan fingerprint density at radius 1 is 0.788 bits per heavy atom. The van der Waals surface area contributed by atoms with Crippen LogP contribution in [0.4, 0.5) is 0 Å². The second kappa shape index (κ2) is 19.2. The first-order chi connectivity index (χ1) is 16.0. The van der Waals surface area contributed by atoms with Crippen molar-refractivity contribution in [1.82, 2.24) is 0 Å². The number of carbonyl (C=O) groups is 1. The molecule has 1 aliphatic carbocycles. The van der Waals surface area contributed by atoms with Gasteiger partial charge >= 0.3 is 0 Å². The standard InChI is InChI=1S/C32H56O/c1-6-7-8-9-10-11-12-13-14-15-16-17-22-32(30(5)33)31-26-24-28(3)21-19-18-20-27(2)23-25-29(31)4/h20-21,25,31-32H,6-19,22-24,26H2,1-5H3/b27-20+,28-21+,29-25+. The molecule has 0 aromatic heterocycles. The van der Waals surface area contributed by atoms with Crippen molar-refractivity contribution in [3.8, 4) is 0 Å². The van der Waals surface area contributed by atoms with Crippen molar-refractivity contribution in [2.45, 2.75) is 150 Å². The van der Waals surface area contributed by atoms with Crippen LogP contribution in [0, 0.1) is 11.8 Å². The molecule has 0 N–H and O–H groups in total. The highest BCUT2D eigenvalue weighted by molar-refractivity contribution is 5.79. The van der Waals surface area contributed by atoms with Crippen molar-refractivity contribution >= 4 is 5.78 Å². The Hall–Kier alpha value is -1.11. The molecule has 0 heterocycles. The van der Waals surface area contributed by atoms with Crippen LogP contribution in [0.1, 0.15) is 150 Å². The van der Waals surface area contributed by atoms with Crippen molar-refractivity contribution in [1.29, 1.82) is 0 Å². The maximum absolute atomic E-state index is 12.7. The molecule has 0 amide bonds. The van der Waals surface area contributed by atoms with E-state index in [1.807, 2.05) is 6.92 Å². The second-order valence-electron chi connectivity index (χ2n) is 10.9. The minimum Gasteiger partial charge on any atom is -0.300 e. The number of hydrogen-bond acceptors (Lipinski definition) is 1. The molecule has 1 heteroatoms. The van der Waals surface area contributed by atoms with E-state index < -0.39 is 0 Å². The number of carbonyl (C=O) groups excluding carboxylic acids is 1. The minimum atomic E-state index is 0.199. The molecule has 0 bridgehead atoms. The van der Waals surface area contributed by atoms with Gasteiger partial charge in [-0.15, -0.1) is 0 Å². The van der Waals surface area contributed by atoms with Crippen molar-refractivity contribution in [3.63, 3.8) is 0 Å². The molecular weight excluding hydrogens is 400 g/mol. The Labute approximate surface area is 207 Å². The van der Waals surface area contributed by atoms with Gasteiger partial charge in [-0.2, -0.15) is 0 Å². The monoisotopic (exact) mass is 456 g/mol. The van der Waals surface area contributed by atoms with Crippen molar-refractivity contribution < 1.29 is 4.79 Å². The van der Waals surface area contributed by atoms with Crippen LogP contribution in [0.2, 0.25) is 0 Å². The SMILES string of the molecule is CCCCCCCCCCCCCCC(C(C)=O)C1CC/C(C)=C/CC/C=C(\C)C/C=C/1C. The molecule has 2 unspecified atom stereocenters. The third-order valence-electron chi connectivity index (χ3n) is 7.71. The number of unbranched alkanes of at least 4 members (excludes halogenated alkanes) is 11. The van der Waals surface area contributed by atoms with E-state index in [0.29, 0.717) is 11.7 Å². The van der Waals surface area contributed by atoms with Gasteiger partial charge in [-0.3, -0.25) is 4.79 Å². The van der Waals surface area contributed by atoms with E-state index in [1.165, 1.54) is 93.8 Å². The Bertz CT molecular complexity index is 606. The predicted molar refractivity (Wildman–Crippen MR) is 148 cm³/mol. The van der Waals surface area contributed by atoms with E-state index in [4.69, 9.17) is 0 Å². The van der Waals surface area contributed by atoms with Crippen LogP contribution in [-0.2, 0) is 4.79 Å². The maximum atomic E-state index is 12.7. The summed E-state index contributed by atoms with van der Waals surface area (Å²) in [7, 11) is 0. The first kappa shape index (κ1) is 29.9. The van der Waals surface area contributed by atoms with E-state index in [2.05, 4.69) is 45.9 Å². The van der Waals surface area contributed by atoms with Gasteiger partial charge < -0.3 is 0 Å². The van der Waals surface area contributed by atoms with Crippen LogP contribution in [0.25, 0.3) is 0 Å². The molecular formula is C32H56O. The smallest absolute Gasteiger partial charge is 0.133 e. The van der Waals surface area contributed by atoms with Crippen molar-refractivity contribution in [2.24, 2.45) is 11.8 Å². The molecule has 0 spiro atoms. The lowest BCUT2D eigenvalue weighted by molar-refractivity contribution is -0.122. The molecule has 0 aliphatic heterocycles. The Morgan fingerprint density at radius 3 is 1.85 bits per heavy atom. The molecule has 0 saturated heterocycles. The van der Waals surface area contributed by atoms with Gasteiger partial charge in [0.15, 0.2) is 0 Å². The quantitative estimate of drug-likeness (QED) is 0.177. The highest BCUT2D eigenvalue weighted by atomic mass is 16.1. The second-order valence-corrected chi connectivity index (χ2v) is 10.9. The fourth-order valence-electron chi connectivity index (χ4n) is 5.34. The minimum absolute atomic E-state index is 0.199. The zero-order valence-electron chi connectivity index (χ0n) is 23.0. The summed E-state index contributed by atoms with van der Waals surface area (Å²) in [5.74, 6) is 1.01. The number of ketones is 1. The molecule has 1 aliphatic rings. The van der Waals surface area contributed by atoms with E-state index in [9.17, 15) is 4.79 Å². The lowest BCUT2D eigenvalue weighted by Gasteiger charge is -2.27. The first-order valence-electron chi connectivity index (χ1n) is 14.4. The fraction of sp³-hybridized carbons (Fsp3) is 0.781. The summed E-state index contributed by atoms with van der Waals surface area (Å²) in [5.41, 5.74) is 4.39. The van der Waals surface area contributed by atoms with Crippen LogP contribution >= 0.6 is 0 Å².